The second kappa shape index (κ2) is 5.85. The van der Waals surface area contributed by atoms with E-state index in [9.17, 15) is 0 Å². The lowest BCUT2D eigenvalue weighted by atomic mass is 9.93. The van der Waals surface area contributed by atoms with Crippen molar-refractivity contribution in [3.8, 4) is 0 Å². The molecule has 4 heteroatoms. The van der Waals surface area contributed by atoms with Crippen molar-refractivity contribution >= 4 is 27.3 Å². The molecule has 0 aliphatic rings. The minimum absolute atomic E-state index is 0.277. The highest BCUT2D eigenvalue weighted by Crippen LogP contribution is 2.35. The van der Waals surface area contributed by atoms with Crippen molar-refractivity contribution in [3.05, 3.63) is 20.8 Å². The van der Waals surface area contributed by atoms with Crippen LogP contribution in [0.5, 0.6) is 0 Å². The smallest absolute Gasteiger partial charge is 0.0592 e. The SMILES string of the molecule is CCC(CC)C(NN)c1sccc1Br. The van der Waals surface area contributed by atoms with E-state index in [1.54, 1.807) is 11.3 Å². The predicted molar refractivity (Wildman–Crippen MR) is 66.2 cm³/mol. The minimum Gasteiger partial charge on any atom is -0.271 e. The fourth-order valence-electron chi connectivity index (χ4n) is 1.71. The van der Waals surface area contributed by atoms with E-state index in [4.69, 9.17) is 5.84 Å². The number of nitrogens with one attached hydrogen (secondary N) is 1. The summed E-state index contributed by atoms with van der Waals surface area (Å²) in [4.78, 5) is 1.31. The van der Waals surface area contributed by atoms with E-state index >= 15 is 0 Å². The Morgan fingerprint density at radius 1 is 1.50 bits per heavy atom. The second-order valence-corrected chi connectivity index (χ2v) is 5.16. The van der Waals surface area contributed by atoms with Crippen LogP contribution in [0.25, 0.3) is 0 Å². The average molecular weight is 277 g/mol. The largest absolute Gasteiger partial charge is 0.271 e. The molecule has 0 saturated heterocycles. The standard InChI is InChI=1S/C10H17BrN2S/c1-3-7(4-2)9(13-12)10-8(11)5-6-14-10/h5-7,9,13H,3-4,12H2,1-2H3. The highest BCUT2D eigenvalue weighted by molar-refractivity contribution is 9.10. The molecule has 1 aromatic rings. The van der Waals surface area contributed by atoms with E-state index < -0.39 is 0 Å². The van der Waals surface area contributed by atoms with Gasteiger partial charge in [-0.1, -0.05) is 26.7 Å². The van der Waals surface area contributed by atoms with Crippen molar-refractivity contribution in [2.45, 2.75) is 32.7 Å². The van der Waals surface area contributed by atoms with Crippen molar-refractivity contribution in [1.29, 1.82) is 0 Å². The van der Waals surface area contributed by atoms with Crippen LogP contribution in [-0.4, -0.2) is 0 Å². The quantitative estimate of drug-likeness (QED) is 0.639. The summed E-state index contributed by atoms with van der Waals surface area (Å²) >= 11 is 5.30. The van der Waals surface area contributed by atoms with Gasteiger partial charge in [0, 0.05) is 9.35 Å². The zero-order valence-corrected chi connectivity index (χ0v) is 11.0. The van der Waals surface area contributed by atoms with E-state index in [0.717, 1.165) is 17.3 Å². The maximum Gasteiger partial charge on any atom is 0.0592 e. The van der Waals surface area contributed by atoms with Gasteiger partial charge >= 0.3 is 0 Å². The number of halogens is 1. The van der Waals surface area contributed by atoms with Gasteiger partial charge in [0.05, 0.1) is 6.04 Å². The fraction of sp³-hybridized carbons (Fsp3) is 0.600. The Hall–Kier alpha value is 0.100. The molecule has 80 valence electrons. The molecular formula is C10H17BrN2S. The zero-order chi connectivity index (χ0) is 10.6. The monoisotopic (exact) mass is 276 g/mol. The predicted octanol–water partition coefficient (Wildman–Crippen LogP) is 3.45. The third kappa shape index (κ3) is 2.57. The summed E-state index contributed by atoms with van der Waals surface area (Å²) in [5.74, 6) is 6.23. The summed E-state index contributed by atoms with van der Waals surface area (Å²) in [7, 11) is 0. The number of hydrazine groups is 1. The Labute approximate surface area is 98.0 Å². The molecule has 1 heterocycles. The Morgan fingerprint density at radius 2 is 2.14 bits per heavy atom. The highest BCUT2D eigenvalue weighted by atomic mass is 79.9. The number of hydrogen-bond donors (Lipinski definition) is 2. The first-order valence-corrected chi connectivity index (χ1v) is 6.60. The summed E-state index contributed by atoms with van der Waals surface area (Å²) in [6, 6.07) is 2.35. The first-order chi connectivity index (χ1) is 6.74. The lowest BCUT2D eigenvalue weighted by molar-refractivity contribution is 0.349. The van der Waals surface area contributed by atoms with Gasteiger partial charge in [0.1, 0.15) is 0 Å². The Morgan fingerprint density at radius 3 is 2.50 bits per heavy atom. The Kier molecular flexibility index (Phi) is 5.09. The molecule has 0 spiro atoms. The van der Waals surface area contributed by atoms with Gasteiger partial charge in [-0.15, -0.1) is 11.3 Å². The van der Waals surface area contributed by atoms with Gasteiger partial charge in [0.25, 0.3) is 0 Å². The molecule has 0 aliphatic heterocycles. The number of rotatable bonds is 5. The maximum absolute atomic E-state index is 5.62. The number of thiophene rings is 1. The number of hydrogen-bond acceptors (Lipinski definition) is 3. The van der Waals surface area contributed by atoms with Gasteiger partial charge < -0.3 is 0 Å². The van der Waals surface area contributed by atoms with Crippen LogP contribution in [0.1, 0.15) is 37.6 Å². The van der Waals surface area contributed by atoms with E-state index in [0.29, 0.717) is 5.92 Å². The molecule has 1 rings (SSSR count). The third-order valence-corrected chi connectivity index (χ3v) is 4.58. The first kappa shape index (κ1) is 12.2. The lowest BCUT2D eigenvalue weighted by Crippen LogP contribution is -2.32. The van der Waals surface area contributed by atoms with Crippen LogP contribution in [0.15, 0.2) is 15.9 Å². The second-order valence-electron chi connectivity index (χ2n) is 3.35. The number of nitrogens with two attached hydrogens (primary N) is 1. The highest BCUT2D eigenvalue weighted by Gasteiger charge is 2.21. The van der Waals surface area contributed by atoms with Crippen LogP contribution < -0.4 is 11.3 Å². The van der Waals surface area contributed by atoms with Crippen LogP contribution in [-0.2, 0) is 0 Å². The minimum atomic E-state index is 0.277. The summed E-state index contributed by atoms with van der Waals surface area (Å²) in [5, 5.41) is 2.09. The Balaban J connectivity index is 2.86. The molecule has 0 radical (unpaired) electrons. The average Bonchev–Trinajstić information content (AvgIpc) is 2.61. The topological polar surface area (TPSA) is 38.0 Å². The Bertz CT molecular complexity index is 271. The molecule has 1 unspecified atom stereocenters. The van der Waals surface area contributed by atoms with E-state index in [-0.39, 0.29) is 6.04 Å². The third-order valence-electron chi connectivity index (χ3n) is 2.63. The van der Waals surface area contributed by atoms with Crippen molar-refractivity contribution in [1.82, 2.24) is 5.43 Å². The summed E-state index contributed by atoms with van der Waals surface area (Å²) in [6.45, 7) is 4.42. The van der Waals surface area contributed by atoms with Crippen molar-refractivity contribution in [2.75, 3.05) is 0 Å². The molecule has 3 N–H and O–H groups in total. The zero-order valence-electron chi connectivity index (χ0n) is 8.59. The molecule has 0 amide bonds. The van der Waals surface area contributed by atoms with Crippen LogP contribution in [0, 0.1) is 5.92 Å². The van der Waals surface area contributed by atoms with E-state index in [1.165, 1.54) is 4.88 Å². The van der Waals surface area contributed by atoms with E-state index in [1.807, 2.05) is 0 Å². The van der Waals surface area contributed by atoms with Gasteiger partial charge in [-0.2, -0.15) is 0 Å². The van der Waals surface area contributed by atoms with Gasteiger partial charge in [0.2, 0.25) is 0 Å². The summed E-state index contributed by atoms with van der Waals surface area (Å²) in [6.07, 6.45) is 2.30. The molecule has 0 aromatic carbocycles. The van der Waals surface area contributed by atoms with Crippen molar-refractivity contribution < 1.29 is 0 Å². The summed E-state index contributed by atoms with van der Waals surface area (Å²) in [5.41, 5.74) is 2.93. The first-order valence-electron chi connectivity index (χ1n) is 4.93. The van der Waals surface area contributed by atoms with Crippen molar-refractivity contribution in [3.63, 3.8) is 0 Å². The normalized spacial score (nSPS) is 13.5. The molecule has 0 aliphatic carbocycles. The molecule has 2 nitrogen and oxygen atoms in total. The molecule has 14 heavy (non-hydrogen) atoms. The van der Waals surface area contributed by atoms with Gasteiger partial charge in [-0.05, 0) is 33.3 Å². The van der Waals surface area contributed by atoms with Crippen LogP contribution >= 0.6 is 27.3 Å². The van der Waals surface area contributed by atoms with Gasteiger partial charge in [0.15, 0.2) is 0 Å². The molecule has 1 atom stereocenters. The van der Waals surface area contributed by atoms with Gasteiger partial charge in [-0.3, -0.25) is 11.3 Å². The van der Waals surface area contributed by atoms with Crippen molar-refractivity contribution in [2.24, 2.45) is 11.8 Å². The molecule has 0 saturated carbocycles. The molecule has 0 fully saturated rings. The fourth-order valence-corrected chi connectivity index (χ4v) is 3.49. The van der Waals surface area contributed by atoms with Crippen LogP contribution in [0.3, 0.4) is 0 Å². The summed E-state index contributed by atoms with van der Waals surface area (Å²) < 4.78 is 1.16. The van der Waals surface area contributed by atoms with Gasteiger partial charge in [-0.25, -0.2) is 0 Å². The molecular weight excluding hydrogens is 260 g/mol. The van der Waals surface area contributed by atoms with E-state index in [2.05, 4.69) is 46.6 Å². The molecule has 0 bridgehead atoms. The van der Waals surface area contributed by atoms with Crippen LogP contribution in [0.2, 0.25) is 0 Å². The lowest BCUT2D eigenvalue weighted by Gasteiger charge is -2.23. The maximum atomic E-state index is 5.62. The van der Waals surface area contributed by atoms with Crippen LogP contribution in [0.4, 0.5) is 0 Å². The molecule has 1 aromatic heterocycles.